The molecule has 0 spiro atoms. The molecule has 0 bridgehead atoms. The van der Waals surface area contributed by atoms with Crippen LogP contribution in [0.25, 0.3) is 0 Å². The van der Waals surface area contributed by atoms with Crippen LogP contribution in [0, 0.1) is 0 Å². The number of rotatable bonds is 5. The number of aliphatic imine (C=N–C) groups is 1. The summed E-state index contributed by atoms with van der Waals surface area (Å²) in [7, 11) is 3.67. The Morgan fingerprint density at radius 1 is 1.20 bits per heavy atom. The minimum absolute atomic E-state index is 0.163. The third-order valence-electron chi connectivity index (χ3n) is 3.60. The Morgan fingerprint density at radius 3 is 2.52 bits per heavy atom. The number of amides is 1. The predicted molar refractivity (Wildman–Crippen MR) is 104 cm³/mol. The SMILES string of the molecule is CN=C(C)N(C)c1ccc(NC(=O)COc2cc(Cl)ccc2Cl)cc1. The van der Waals surface area contributed by atoms with Gasteiger partial charge in [-0.3, -0.25) is 9.79 Å². The largest absolute Gasteiger partial charge is 0.482 e. The molecule has 1 N–H and O–H groups in total. The Hall–Kier alpha value is -2.24. The van der Waals surface area contributed by atoms with Gasteiger partial charge in [-0.25, -0.2) is 0 Å². The van der Waals surface area contributed by atoms with Gasteiger partial charge < -0.3 is 15.0 Å². The van der Waals surface area contributed by atoms with Crippen molar-refractivity contribution in [2.24, 2.45) is 4.99 Å². The Bertz CT molecular complexity index is 776. The number of hydrogen-bond acceptors (Lipinski definition) is 3. The quantitative estimate of drug-likeness (QED) is 0.614. The summed E-state index contributed by atoms with van der Waals surface area (Å²) in [5.41, 5.74) is 1.65. The number of nitrogens with one attached hydrogen (secondary N) is 1. The third-order valence-corrected chi connectivity index (χ3v) is 4.15. The molecule has 0 saturated heterocycles. The van der Waals surface area contributed by atoms with E-state index in [9.17, 15) is 4.79 Å². The van der Waals surface area contributed by atoms with E-state index in [1.54, 1.807) is 25.2 Å². The standard InChI is InChI=1S/C18H19Cl2N3O2/c1-12(21-2)23(3)15-7-5-14(6-8-15)22-18(24)11-25-17-10-13(19)4-9-16(17)20/h4-10H,11H2,1-3H3,(H,22,24). The van der Waals surface area contributed by atoms with Crippen molar-refractivity contribution >= 4 is 46.3 Å². The maximum atomic E-state index is 12.0. The molecular weight excluding hydrogens is 361 g/mol. The Labute approximate surface area is 157 Å². The van der Waals surface area contributed by atoms with Gasteiger partial charge >= 0.3 is 0 Å². The van der Waals surface area contributed by atoms with Gasteiger partial charge in [0.15, 0.2) is 6.61 Å². The lowest BCUT2D eigenvalue weighted by molar-refractivity contribution is -0.118. The molecule has 0 aromatic heterocycles. The van der Waals surface area contributed by atoms with E-state index in [0.29, 0.717) is 21.5 Å². The van der Waals surface area contributed by atoms with Gasteiger partial charge in [-0.05, 0) is 43.3 Å². The van der Waals surface area contributed by atoms with E-state index in [1.807, 2.05) is 43.1 Å². The molecule has 0 saturated carbocycles. The molecule has 5 nitrogen and oxygen atoms in total. The van der Waals surface area contributed by atoms with Crippen LogP contribution in [-0.4, -0.2) is 32.4 Å². The van der Waals surface area contributed by atoms with Gasteiger partial charge in [0.2, 0.25) is 0 Å². The van der Waals surface area contributed by atoms with Gasteiger partial charge in [-0.15, -0.1) is 0 Å². The highest BCUT2D eigenvalue weighted by Gasteiger charge is 2.08. The van der Waals surface area contributed by atoms with Crippen LogP contribution < -0.4 is 15.0 Å². The second kappa shape index (κ2) is 8.74. The summed E-state index contributed by atoms with van der Waals surface area (Å²) in [5, 5.41) is 3.66. The smallest absolute Gasteiger partial charge is 0.262 e. The average Bonchev–Trinajstić information content (AvgIpc) is 2.61. The summed E-state index contributed by atoms with van der Waals surface area (Å²) in [6, 6.07) is 12.3. The van der Waals surface area contributed by atoms with Crippen LogP contribution >= 0.6 is 23.2 Å². The molecule has 0 aliphatic rings. The van der Waals surface area contributed by atoms with E-state index < -0.39 is 0 Å². The van der Waals surface area contributed by atoms with Crippen molar-refractivity contribution < 1.29 is 9.53 Å². The van der Waals surface area contributed by atoms with E-state index in [2.05, 4.69) is 10.3 Å². The summed E-state index contributed by atoms with van der Waals surface area (Å²) in [6.45, 7) is 1.76. The van der Waals surface area contributed by atoms with Crippen molar-refractivity contribution in [2.45, 2.75) is 6.92 Å². The van der Waals surface area contributed by atoms with Crippen LogP contribution in [0.3, 0.4) is 0 Å². The predicted octanol–water partition coefficient (Wildman–Crippen LogP) is 4.50. The second-order valence-corrected chi connectivity index (χ2v) is 6.13. The van der Waals surface area contributed by atoms with Crippen LogP contribution in [0.15, 0.2) is 47.5 Å². The zero-order chi connectivity index (χ0) is 18.4. The zero-order valence-corrected chi connectivity index (χ0v) is 15.7. The van der Waals surface area contributed by atoms with E-state index in [-0.39, 0.29) is 12.5 Å². The molecule has 0 aliphatic heterocycles. The summed E-state index contributed by atoms with van der Waals surface area (Å²) in [4.78, 5) is 18.1. The lowest BCUT2D eigenvalue weighted by Crippen LogP contribution is -2.23. The van der Waals surface area contributed by atoms with Gasteiger partial charge in [0.1, 0.15) is 5.75 Å². The van der Waals surface area contributed by atoms with Gasteiger partial charge in [0, 0.05) is 36.6 Å². The fourth-order valence-electron chi connectivity index (χ4n) is 2.03. The van der Waals surface area contributed by atoms with Crippen LogP contribution in [0.4, 0.5) is 11.4 Å². The fraction of sp³-hybridized carbons (Fsp3) is 0.222. The van der Waals surface area contributed by atoms with Crippen molar-refractivity contribution in [3.63, 3.8) is 0 Å². The first-order valence-corrected chi connectivity index (χ1v) is 8.31. The number of carbonyl (C=O) groups excluding carboxylic acids is 1. The molecule has 2 aromatic rings. The first kappa shape index (κ1) is 19.1. The van der Waals surface area contributed by atoms with Crippen molar-refractivity contribution in [3.05, 3.63) is 52.5 Å². The number of amidine groups is 1. The van der Waals surface area contributed by atoms with E-state index in [4.69, 9.17) is 27.9 Å². The maximum Gasteiger partial charge on any atom is 0.262 e. The highest BCUT2D eigenvalue weighted by atomic mass is 35.5. The molecule has 132 valence electrons. The maximum absolute atomic E-state index is 12.0. The lowest BCUT2D eigenvalue weighted by Gasteiger charge is -2.18. The molecule has 2 aromatic carbocycles. The summed E-state index contributed by atoms with van der Waals surface area (Å²) >= 11 is 11.9. The molecule has 0 aliphatic carbocycles. The van der Waals surface area contributed by atoms with Crippen LogP contribution in [-0.2, 0) is 4.79 Å². The molecule has 7 heteroatoms. The monoisotopic (exact) mass is 379 g/mol. The molecule has 0 unspecified atom stereocenters. The van der Waals surface area contributed by atoms with Gasteiger partial charge in [-0.2, -0.15) is 0 Å². The van der Waals surface area contributed by atoms with Crippen LogP contribution in [0.2, 0.25) is 10.0 Å². The van der Waals surface area contributed by atoms with Crippen molar-refractivity contribution in [2.75, 3.05) is 30.9 Å². The molecule has 0 fully saturated rings. The van der Waals surface area contributed by atoms with Crippen molar-refractivity contribution in [1.82, 2.24) is 0 Å². The topological polar surface area (TPSA) is 53.9 Å². The number of anilines is 2. The molecule has 1 amide bonds. The number of carbonyl (C=O) groups is 1. The Morgan fingerprint density at radius 2 is 1.88 bits per heavy atom. The molecule has 2 rings (SSSR count). The molecule has 0 atom stereocenters. The number of hydrogen-bond donors (Lipinski definition) is 1. The second-order valence-electron chi connectivity index (χ2n) is 5.29. The number of ether oxygens (including phenoxy) is 1. The molecule has 0 radical (unpaired) electrons. The van der Waals surface area contributed by atoms with Crippen LogP contribution in [0.1, 0.15) is 6.92 Å². The minimum Gasteiger partial charge on any atom is -0.482 e. The van der Waals surface area contributed by atoms with E-state index >= 15 is 0 Å². The normalized spacial score (nSPS) is 11.2. The summed E-state index contributed by atoms with van der Waals surface area (Å²) in [6.07, 6.45) is 0. The van der Waals surface area contributed by atoms with Crippen molar-refractivity contribution in [1.29, 1.82) is 0 Å². The number of benzene rings is 2. The van der Waals surface area contributed by atoms with Gasteiger partial charge in [0.25, 0.3) is 5.91 Å². The lowest BCUT2D eigenvalue weighted by atomic mass is 10.2. The van der Waals surface area contributed by atoms with Crippen LogP contribution in [0.5, 0.6) is 5.75 Å². The molecule has 0 heterocycles. The third kappa shape index (κ3) is 5.37. The highest BCUT2D eigenvalue weighted by molar-refractivity contribution is 6.34. The van der Waals surface area contributed by atoms with E-state index in [0.717, 1.165) is 11.5 Å². The van der Waals surface area contributed by atoms with Crippen molar-refractivity contribution in [3.8, 4) is 5.75 Å². The Kier molecular flexibility index (Phi) is 6.67. The Balaban J connectivity index is 1.93. The summed E-state index contributed by atoms with van der Waals surface area (Å²) in [5.74, 6) is 0.975. The number of halogens is 2. The highest BCUT2D eigenvalue weighted by Crippen LogP contribution is 2.27. The van der Waals surface area contributed by atoms with E-state index in [1.165, 1.54) is 0 Å². The minimum atomic E-state index is -0.288. The first-order chi connectivity index (χ1) is 11.9. The van der Waals surface area contributed by atoms with Gasteiger partial charge in [-0.1, -0.05) is 23.2 Å². The summed E-state index contributed by atoms with van der Waals surface area (Å²) < 4.78 is 5.41. The number of nitrogens with zero attached hydrogens (tertiary/aromatic N) is 2. The molecular formula is C18H19Cl2N3O2. The first-order valence-electron chi connectivity index (χ1n) is 7.55. The average molecular weight is 380 g/mol. The zero-order valence-electron chi connectivity index (χ0n) is 14.2. The van der Waals surface area contributed by atoms with Gasteiger partial charge in [0.05, 0.1) is 10.9 Å². The molecule has 25 heavy (non-hydrogen) atoms. The fourth-order valence-corrected chi connectivity index (χ4v) is 2.37.